The summed E-state index contributed by atoms with van der Waals surface area (Å²) in [7, 11) is 0. The molecule has 1 N–H and O–H groups in total. The average molecular weight is 346 g/mol. The number of likely N-dealkylation sites (tertiary alicyclic amines) is 1. The Balaban J connectivity index is 1.76. The summed E-state index contributed by atoms with van der Waals surface area (Å²) in [5.41, 5.74) is 2.44. The van der Waals surface area contributed by atoms with Crippen molar-refractivity contribution < 1.29 is 4.79 Å². The number of hydrogen-bond acceptors (Lipinski definition) is 4. The van der Waals surface area contributed by atoms with Gasteiger partial charge in [0.1, 0.15) is 0 Å². The van der Waals surface area contributed by atoms with Gasteiger partial charge in [0.15, 0.2) is 0 Å². The van der Waals surface area contributed by atoms with Gasteiger partial charge in [0, 0.05) is 26.2 Å². The second-order valence-electron chi connectivity index (χ2n) is 6.88. The molecule has 1 fully saturated rings. The Hall–Kier alpha value is -1.51. The molecule has 1 heterocycles. The lowest BCUT2D eigenvalue weighted by molar-refractivity contribution is -0.118. The van der Waals surface area contributed by atoms with E-state index in [2.05, 4.69) is 48.3 Å². The third-order valence-electron chi connectivity index (χ3n) is 4.26. The Morgan fingerprint density at radius 1 is 1.25 bits per heavy atom. The number of benzene rings is 1. The summed E-state index contributed by atoms with van der Waals surface area (Å²) in [5.74, 6) is 2.24. The van der Waals surface area contributed by atoms with E-state index in [0.717, 1.165) is 23.9 Å². The highest BCUT2D eigenvalue weighted by Crippen LogP contribution is 2.22. The second kappa shape index (κ2) is 9.71. The van der Waals surface area contributed by atoms with Crippen molar-refractivity contribution in [2.45, 2.75) is 33.4 Å². The molecule has 1 saturated heterocycles. The lowest BCUT2D eigenvalue weighted by atomic mass is 9.91. The predicted molar refractivity (Wildman–Crippen MR) is 99.4 cm³/mol. The first-order chi connectivity index (χ1) is 11.6. The van der Waals surface area contributed by atoms with Crippen LogP contribution < -0.4 is 5.32 Å². The molecule has 2 atom stereocenters. The number of carbonyl (C=O) groups is 1. The second-order valence-corrected chi connectivity index (χ2v) is 7.87. The van der Waals surface area contributed by atoms with Gasteiger partial charge in [-0.3, -0.25) is 9.69 Å². The van der Waals surface area contributed by atoms with Crippen molar-refractivity contribution in [1.82, 2.24) is 10.2 Å². The van der Waals surface area contributed by atoms with Crippen molar-refractivity contribution in [3.63, 3.8) is 0 Å². The van der Waals surface area contributed by atoms with Crippen LogP contribution in [0, 0.1) is 23.2 Å². The molecule has 0 aliphatic carbocycles. The highest BCUT2D eigenvalue weighted by molar-refractivity contribution is 8.00. The maximum Gasteiger partial charge on any atom is 0.230 e. The van der Waals surface area contributed by atoms with Gasteiger partial charge in [-0.05, 0) is 29.4 Å². The molecule has 4 nitrogen and oxygen atoms in total. The van der Waals surface area contributed by atoms with Crippen LogP contribution in [-0.2, 0) is 17.9 Å². The van der Waals surface area contributed by atoms with Gasteiger partial charge in [-0.1, -0.05) is 38.1 Å². The molecular formula is C19H27N3OS. The Bertz CT molecular complexity index is 557. The van der Waals surface area contributed by atoms with Gasteiger partial charge in [-0.15, -0.1) is 11.8 Å². The molecule has 130 valence electrons. The molecule has 1 aliphatic heterocycles. The van der Waals surface area contributed by atoms with Crippen molar-refractivity contribution in [1.29, 1.82) is 5.26 Å². The number of nitrogens with one attached hydrogen (secondary N) is 1. The van der Waals surface area contributed by atoms with E-state index < -0.39 is 0 Å². The van der Waals surface area contributed by atoms with Crippen LogP contribution in [0.5, 0.6) is 0 Å². The zero-order valence-electron chi connectivity index (χ0n) is 14.6. The maximum atomic E-state index is 11.6. The molecule has 1 amide bonds. The van der Waals surface area contributed by atoms with Crippen LogP contribution in [0.4, 0.5) is 0 Å². The highest BCUT2D eigenvalue weighted by Gasteiger charge is 2.21. The molecule has 1 aliphatic rings. The average Bonchev–Trinajstić information content (AvgIpc) is 2.53. The summed E-state index contributed by atoms with van der Waals surface area (Å²) >= 11 is 1.34. The van der Waals surface area contributed by atoms with Crippen LogP contribution in [-0.4, -0.2) is 35.4 Å². The van der Waals surface area contributed by atoms with Crippen molar-refractivity contribution >= 4 is 17.7 Å². The lowest BCUT2D eigenvalue weighted by Gasteiger charge is -2.35. The number of piperidine rings is 1. The number of carbonyl (C=O) groups excluding carboxylic acids is 1. The van der Waals surface area contributed by atoms with Crippen LogP contribution >= 0.6 is 11.8 Å². The fraction of sp³-hybridized carbons (Fsp3) is 0.579. The van der Waals surface area contributed by atoms with E-state index in [4.69, 9.17) is 5.26 Å². The number of hydrogen-bond donors (Lipinski definition) is 1. The van der Waals surface area contributed by atoms with E-state index in [-0.39, 0.29) is 5.91 Å². The van der Waals surface area contributed by atoms with Gasteiger partial charge in [-0.25, -0.2) is 0 Å². The normalized spacial score (nSPS) is 21.2. The summed E-state index contributed by atoms with van der Waals surface area (Å²) in [6.45, 7) is 8.59. The van der Waals surface area contributed by atoms with Gasteiger partial charge in [-0.2, -0.15) is 5.26 Å². The molecule has 0 unspecified atom stereocenters. The molecule has 2 rings (SSSR count). The molecule has 0 saturated carbocycles. The summed E-state index contributed by atoms with van der Waals surface area (Å²) < 4.78 is 0. The molecule has 24 heavy (non-hydrogen) atoms. The molecule has 0 spiro atoms. The number of amides is 1. The van der Waals surface area contributed by atoms with E-state index in [1.807, 2.05) is 6.07 Å². The van der Waals surface area contributed by atoms with Gasteiger partial charge >= 0.3 is 0 Å². The quantitative estimate of drug-likeness (QED) is 0.772. The molecule has 0 aromatic heterocycles. The minimum Gasteiger partial charge on any atom is -0.351 e. The number of rotatable bonds is 7. The molecule has 1 aromatic rings. The van der Waals surface area contributed by atoms with Crippen LogP contribution in [0.25, 0.3) is 0 Å². The minimum absolute atomic E-state index is 0.0179. The molecule has 1 aromatic carbocycles. The van der Waals surface area contributed by atoms with Gasteiger partial charge < -0.3 is 5.32 Å². The standard InChI is InChI=1S/C19H27N3OS/c1-15-9-16(2)12-22(11-15)13-18-5-3-17(4-6-18)10-21-19(23)14-24-8-7-20/h3-6,15-16H,8-14H2,1-2H3,(H,21,23)/t15-,16-/m0/s1. The van der Waals surface area contributed by atoms with E-state index in [0.29, 0.717) is 18.1 Å². The Morgan fingerprint density at radius 3 is 2.50 bits per heavy atom. The third kappa shape index (κ3) is 6.54. The van der Waals surface area contributed by atoms with Crippen LogP contribution in [0.1, 0.15) is 31.4 Å². The van der Waals surface area contributed by atoms with Crippen molar-refractivity contribution in [3.05, 3.63) is 35.4 Å². The van der Waals surface area contributed by atoms with Gasteiger partial charge in [0.2, 0.25) is 5.91 Å². The number of nitriles is 1. The van der Waals surface area contributed by atoms with E-state index in [1.54, 1.807) is 0 Å². The van der Waals surface area contributed by atoms with E-state index >= 15 is 0 Å². The van der Waals surface area contributed by atoms with Crippen LogP contribution in [0.15, 0.2) is 24.3 Å². The zero-order chi connectivity index (χ0) is 17.4. The van der Waals surface area contributed by atoms with Gasteiger partial charge in [0.25, 0.3) is 0 Å². The van der Waals surface area contributed by atoms with Crippen LogP contribution in [0.2, 0.25) is 0 Å². The van der Waals surface area contributed by atoms with E-state index in [1.165, 1.54) is 36.8 Å². The fourth-order valence-electron chi connectivity index (χ4n) is 3.38. The minimum atomic E-state index is -0.0179. The highest BCUT2D eigenvalue weighted by atomic mass is 32.2. The summed E-state index contributed by atoms with van der Waals surface area (Å²) in [5, 5.41) is 11.3. The Labute approximate surface area is 149 Å². The number of thioether (sulfide) groups is 1. The van der Waals surface area contributed by atoms with Crippen LogP contribution in [0.3, 0.4) is 0 Å². The summed E-state index contributed by atoms with van der Waals surface area (Å²) in [6.07, 6.45) is 1.34. The first kappa shape index (κ1) is 18.8. The zero-order valence-corrected chi connectivity index (χ0v) is 15.4. The maximum absolute atomic E-state index is 11.6. The molecule has 0 radical (unpaired) electrons. The lowest BCUT2D eigenvalue weighted by Crippen LogP contribution is -2.38. The van der Waals surface area contributed by atoms with Crippen molar-refractivity contribution in [2.75, 3.05) is 24.6 Å². The van der Waals surface area contributed by atoms with Crippen molar-refractivity contribution in [2.24, 2.45) is 11.8 Å². The Kier molecular flexibility index (Phi) is 7.61. The fourth-order valence-corrected chi connectivity index (χ4v) is 3.86. The SMILES string of the molecule is C[C@H]1C[C@H](C)CN(Cc2ccc(CNC(=O)CSCC#N)cc2)C1. The topological polar surface area (TPSA) is 56.1 Å². The largest absolute Gasteiger partial charge is 0.351 e. The molecular weight excluding hydrogens is 318 g/mol. The third-order valence-corrected chi connectivity index (χ3v) is 5.06. The summed E-state index contributed by atoms with van der Waals surface area (Å²) in [6, 6.07) is 10.5. The first-order valence-corrected chi connectivity index (χ1v) is 9.74. The molecule has 5 heteroatoms. The molecule has 0 bridgehead atoms. The van der Waals surface area contributed by atoms with Gasteiger partial charge in [0.05, 0.1) is 17.6 Å². The Morgan fingerprint density at radius 2 is 1.88 bits per heavy atom. The summed E-state index contributed by atoms with van der Waals surface area (Å²) in [4.78, 5) is 14.2. The monoisotopic (exact) mass is 345 g/mol. The smallest absolute Gasteiger partial charge is 0.230 e. The van der Waals surface area contributed by atoms with E-state index in [9.17, 15) is 4.79 Å². The first-order valence-electron chi connectivity index (χ1n) is 8.58. The predicted octanol–water partition coefficient (Wildman–Crippen LogP) is 3.04. The number of nitrogens with zero attached hydrogens (tertiary/aromatic N) is 2. The van der Waals surface area contributed by atoms with Crippen molar-refractivity contribution in [3.8, 4) is 6.07 Å².